The van der Waals surface area contributed by atoms with E-state index in [0.29, 0.717) is 12.2 Å². The number of benzene rings is 1. The fraction of sp³-hybridized carbons (Fsp3) is 0.385. The molecule has 4 nitrogen and oxygen atoms in total. The van der Waals surface area contributed by atoms with Crippen LogP contribution < -0.4 is 0 Å². The van der Waals surface area contributed by atoms with Gasteiger partial charge in [0.15, 0.2) is 0 Å². The van der Waals surface area contributed by atoms with Gasteiger partial charge in [0, 0.05) is 11.6 Å². The Bertz CT molecular complexity index is 452. The molecule has 0 saturated carbocycles. The van der Waals surface area contributed by atoms with E-state index < -0.39 is 11.8 Å². The lowest BCUT2D eigenvalue weighted by Gasteiger charge is -2.02. The van der Waals surface area contributed by atoms with Crippen LogP contribution >= 0.6 is 11.6 Å². The molecule has 0 atom stereocenters. The van der Waals surface area contributed by atoms with E-state index >= 15 is 0 Å². The number of hydrogen-bond donors (Lipinski definition) is 0. The molecule has 1 aromatic carbocycles. The topological polar surface area (TPSA) is 47.9 Å². The summed E-state index contributed by atoms with van der Waals surface area (Å²) in [4.78, 5) is 15.9. The van der Waals surface area contributed by atoms with Crippen molar-refractivity contribution in [3.8, 4) is 0 Å². The summed E-state index contributed by atoms with van der Waals surface area (Å²) in [7, 11) is 0. The van der Waals surface area contributed by atoms with E-state index in [2.05, 4.69) is 11.2 Å². The lowest BCUT2D eigenvalue weighted by molar-refractivity contribution is -0.149. The zero-order valence-corrected chi connectivity index (χ0v) is 11.2. The van der Waals surface area contributed by atoms with Gasteiger partial charge < -0.3 is 9.57 Å². The van der Waals surface area contributed by atoms with Crippen molar-refractivity contribution in [2.24, 2.45) is 5.16 Å². The molecule has 0 amide bonds. The second-order valence-electron chi connectivity index (χ2n) is 3.67. The summed E-state index contributed by atoms with van der Waals surface area (Å²) in [5, 5.41) is 3.74. The molecular formula is C13H14ClFNO3. The molecule has 0 aliphatic rings. The minimum absolute atomic E-state index is 0.189. The second-order valence-corrected chi connectivity index (χ2v) is 4.07. The smallest absolute Gasteiger partial charge is 0.347 e. The summed E-state index contributed by atoms with van der Waals surface area (Å²) in [6.07, 6.45) is 3.04. The average Bonchev–Trinajstić information content (AvgIpc) is 2.37. The number of oxime groups is 1. The van der Waals surface area contributed by atoms with Crippen molar-refractivity contribution in [1.82, 2.24) is 0 Å². The minimum Gasteiger partial charge on any atom is -0.463 e. The van der Waals surface area contributed by atoms with Gasteiger partial charge in [0.1, 0.15) is 5.82 Å². The molecule has 0 aromatic heterocycles. The van der Waals surface area contributed by atoms with Gasteiger partial charge in [0.25, 0.3) is 0 Å². The van der Waals surface area contributed by atoms with Crippen LogP contribution in [-0.2, 0) is 14.4 Å². The van der Waals surface area contributed by atoms with Crippen molar-refractivity contribution in [1.29, 1.82) is 0 Å². The van der Waals surface area contributed by atoms with Gasteiger partial charge in [-0.05, 0) is 18.6 Å². The number of ether oxygens (including phenoxy) is 1. The summed E-state index contributed by atoms with van der Waals surface area (Å²) in [6, 6.07) is 4.79. The highest BCUT2D eigenvalue weighted by molar-refractivity contribution is 6.33. The van der Waals surface area contributed by atoms with E-state index in [0.717, 1.165) is 18.9 Å². The lowest BCUT2D eigenvalue weighted by atomic mass is 10.2. The number of carbonyl (C=O) groups excluding carboxylic acids is 1. The number of esters is 1. The first kappa shape index (κ1) is 15.4. The Kier molecular flexibility index (Phi) is 6.89. The van der Waals surface area contributed by atoms with Crippen molar-refractivity contribution >= 4 is 23.8 Å². The second kappa shape index (κ2) is 8.48. The summed E-state index contributed by atoms with van der Waals surface area (Å²) in [6.45, 7) is 2.10. The first-order valence-electron chi connectivity index (χ1n) is 5.81. The van der Waals surface area contributed by atoms with Gasteiger partial charge in [-0.2, -0.15) is 0 Å². The standard InChI is InChI=1S/C13H14ClFNO3/c1-2-3-6-18-13(17)9-19-16-8-10-4-5-11(15)7-12(10)14/h4,7-8H,2-3,6,9H2,1H3/b16-8+. The van der Waals surface area contributed by atoms with Gasteiger partial charge in [0.2, 0.25) is 6.61 Å². The third-order valence-corrected chi connectivity index (χ3v) is 2.43. The molecule has 0 heterocycles. The van der Waals surface area contributed by atoms with Crippen molar-refractivity contribution in [2.45, 2.75) is 19.8 Å². The maximum atomic E-state index is 12.7. The molecule has 0 fully saturated rings. The van der Waals surface area contributed by atoms with E-state index in [9.17, 15) is 9.18 Å². The molecule has 19 heavy (non-hydrogen) atoms. The lowest BCUT2D eigenvalue weighted by Crippen LogP contribution is -2.11. The number of carbonyl (C=O) groups is 1. The van der Waals surface area contributed by atoms with Crippen LogP contribution in [0, 0.1) is 11.9 Å². The van der Waals surface area contributed by atoms with Crippen LogP contribution in [0.1, 0.15) is 25.3 Å². The molecule has 103 valence electrons. The monoisotopic (exact) mass is 286 g/mol. The highest BCUT2D eigenvalue weighted by Gasteiger charge is 2.03. The Hall–Kier alpha value is -1.62. The normalized spacial score (nSPS) is 10.7. The maximum absolute atomic E-state index is 12.7. The Morgan fingerprint density at radius 1 is 1.63 bits per heavy atom. The van der Waals surface area contributed by atoms with Crippen molar-refractivity contribution < 1.29 is 18.8 Å². The summed E-state index contributed by atoms with van der Waals surface area (Å²) < 4.78 is 17.6. The molecule has 1 aromatic rings. The van der Waals surface area contributed by atoms with Gasteiger partial charge in [-0.25, -0.2) is 9.18 Å². The van der Waals surface area contributed by atoms with Gasteiger partial charge in [-0.3, -0.25) is 0 Å². The highest BCUT2D eigenvalue weighted by atomic mass is 35.5. The molecule has 0 saturated heterocycles. The molecule has 1 rings (SSSR count). The molecule has 0 aliphatic carbocycles. The highest BCUT2D eigenvalue weighted by Crippen LogP contribution is 2.14. The van der Waals surface area contributed by atoms with Crippen molar-refractivity contribution in [3.63, 3.8) is 0 Å². The predicted molar refractivity (Wildman–Crippen MR) is 69.7 cm³/mol. The van der Waals surface area contributed by atoms with E-state index in [-0.39, 0.29) is 11.6 Å². The van der Waals surface area contributed by atoms with Crippen molar-refractivity contribution in [2.75, 3.05) is 13.2 Å². The molecule has 0 N–H and O–H groups in total. The molecule has 6 heteroatoms. The molecule has 0 unspecified atom stereocenters. The van der Waals surface area contributed by atoms with Crippen molar-refractivity contribution in [3.05, 3.63) is 34.6 Å². The van der Waals surface area contributed by atoms with Gasteiger partial charge in [0.05, 0.1) is 17.8 Å². The third kappa shape index (κ3) is 6.20. The number of hydrogen-bond acceptors (Lipinski definition) is 4. The van der Waals surface area contributed by atoms with Crippen LogP contribution in [0.3, 0.4) is 0 Å². The summed E-state index contributed by atoms with van der Waals surface area (Å²) >= 11 is 5.76. The summed E-state index contributed by atoms with van der Waals surface area (Å²) in [5.41, 5.74) is 0.447. The van der Waals surface area contributed by atoms with E-state index in [1.165, 1.54) is 12.3 Å². The Balaban J connectivity index is 2.32. The first-order valence-corrected chi connectivity index (χ1v) is 6.19. The number of nitrogens with zero attached hydrogens (tertiary/aromatic N) is 1. The molecule has 0 aliphatic heterocycles. The average molecular weight is 287 g/mol. The fourth-order valence-electron chi connectivity index (χ4n) is 1.11. The Morgan fingerprint density at radius 3 is 3.11 bits per heavy atom. The van der Waals surface area contributed by atoms with Crippen LogP contribution in [0.15, 0.2) is 17.3 Å². The van der Waals surface area contributed by atoms with Gasteiger partial charge in [-0.15, -0.1) is 0 Å². The molecular weight excluding hydrogens is 273 g/mol. The van der Waals surface area contributed by atoms with E-state index in [1.807, 2.05) is 6.92 Å². The SMILES string of the molecule is CCCCOC(=O)CO/N=C/c1c[c]c(F)cc1Cl. The zero-order valence-electron chi connectivity index (χ0n) is 10.5. The maximum Gasteiger partial charge on any atom is 0.347 e. The fourth-order valence-corrected chi connectivity index (χ4v) is 1.31. The minimum atomic E-state index is -0.553. The van der Waals surface area contributed by atoms with E-state index in [4.69, 9.17) is 21.2 Å². The largest absolute Gasteiger partial charge is 0.463 e. The van der Waals surface area contributed by atoms with Gasteiger partial charge >= 0.3 is 5.97 Å². The first-order chi connectivity index (χ1) is 9.13. The third-order valence-electron chi connectivity index (χ3n) is 2.10. The molecule has 1 radical (unpaired) electrons. The number of halogens is 2. The van der Waals surface area contributed by atoms with Crippen LogP contribution in [0.2, 0.25) is 5.02 Å². The van der Waals surface area contributed by atoms with Crippen LogP contribution in [-0.4, -0.2) is 25.4 Å². The molecule has 0 spiro atoms. The Labute approximate surface area is 116 Å². The van der Waals surface area contributed by atoms with E-state index in [1.54, 1.807) is 0 Å². The molecule has 0 bridgehead atoms. The van der Waals surface area contributed by atoms with Crippen LogP contribution in [0.4, 0.5) is 4.39 Å². The van der Waals surface area contributed by atoms with Gasteiger partial charge in [-0.1, -0.05) is 30.1 Å². The predicted octanol–water partition coefficient (Wildman–Crippen LogP) is 2.97. The number of unbranched alkanes of at least 4 members (excludes halogenated alkanes) is 1. The number of rotatable bonds is 7. The van der Waals surface area contributed by atoms with Crippen LogP contribution in [0.5, 0.6) is 0 Å². The summed E-state index contributed by atoms with van der Waals surface area (Å²) in [5.74, 6) is -1.04. The Morgan fingerprint density at radius 2 is 2.42 bits per heavy atom. The zero-order chi connectivity index (χ0) is 14.1. The quantitative estimate of drug-likeness (QED) is 0.335. The van der Waals surface area contributed by atoms with Crippen LogP contribution in [0.25, 0.3) is 0 Å².